The molecular weight excluding hydrogens is 182 g/mol. The summed E-state index contributed by atoms with van der Waals surface area (Å²) in [5, 5.41) is 9.88. The second-order valence-corrected chi connectivity index (χ2v) is 2.53. The number of nitrogens with two attached hydrogens (primary N) is 1. The maximum atomic E-state index is 10.7. The first-order valence-corrected chi connectivity index (χ1v) is 4.04. The van der Waals surface area contributed by atoms with Gasteiger partial charge in [-0.25, -0.2) is 4.68 Å². The Morgan fingerprint density at radius 3 is 3.14 bits per heavy atom. The highest BCUT2D eigenvalue weighted by atomic mass is 16.1. The summed E-state index contributed by atoms with van der Waals surface area (Å²) in [6.07, 6.45) is 1.55. The van der Waals surface area contributed by atoms with Crippen LogP contribution in [0.15, 0.2) is 6.20 Å². The Bertz CT molecular complexity index is 373. The highest BCUT2D eigenvalue weighted by Gasteiger charge is 1.93. The molecule has 0 aliphatic carbocycles. The van der Waals surface area contributed by atoms with Gasteiger partial charge in [-0.05, 0) is 5.92 Å². The molecule has 0 spiro atoms. The van der Waals surface area contributed by atoms with Gasteiger partial charge in [-0.2, -0.15) is 0 Å². The molecule has 0 fully saturated rings. The number of amides is 1. The van der Waals surface area contributed by atoms with Gasteiger partial charge in [-0.3, -0.25) is 4.79 Å². The summed E-state index contributed by atoms with van der Waals surface area (Å²) in [4.78, 5) is 10.7. The second-order valence-electron chi connectivity index (χ2n) is 2.53. The van der Waals surface area contributed by atoms with E-state index in [1.54, 1.807) is 17.9 Å². The monoisotopic (exact) mass is 193 g/mol. The van der Waals surface area contributed by atoms with Gasteiger partial charge in [-0.15, -0.1) is 5.10 Å². The second kappa shape index (κ2) is 4.99. The number of aromatic nitrogens is 3. The fourth-order valence-electron chi connectivity index (χ4n) is 0.753. The van der Waals surface area contributed by atoms with E-state index in [1.807, 2.05) is 0 Å². The number of carbonyl (C=O) groups excluding carboxylic acids is 1. The lowest BCUT2D eigenvalue weighted by Gasteiger charge is -1.94. The average molecular weight is 193 g/mol. The molecule has 0 saturated carbocycles. The highest BCUT2D eigenvalue weighted by molar-refractivity contribution is 5.77. The van der Waals surface area contributed by atoms with Crippen molar-refractivity contribution in [3.05, 3.63) is 11.9 Å². The minimum Gasteiger partial charge on any atom is -0.344 e. The van der Waals surface area contributed by atoms with Crippen molar-refractivity contribution >= 4 is 5.91 Å². The van der Waals surface area contributed by atoms with Gasteiger partial charge in [0.05, 0.1) is 19.3 Å². The highest BCUT2D eigenvalue weighted by Crippen LogP contribution is 1.87. The Kier molecular flexibility index (Phi) is 3.64. The van der Waals surface area contributed by atoms with E-state index in [2.05, 4.69) is 27.5 Å². The maximum Gasteiger partial charge on any atom is 0.234 e. The van der Waals surface area contributed by atoms with Gasteiger partial charge in [-0.1, -0.05) is 11.1 Å². The van der Waals surface area contributed by atoms with Gasteiger partial charge in [0, 0.05) is 7.05 Å². The topological polar surface area (TPSA) is 85.8 Å². The molecule has 0 aliphatic rings. The molecular formula is C8H11N5O. The quantitative estimate of drug-likeness (QED) is 0.545. The molecule has 74 valence electrons. The van der Waals surface area contributed by atoms with E-state index in [-0.39, 0.29) is 19.0 Å². The summed E-state index contributed by atoms with van der Waals surface area (Å²) < 4.78 is 1.55. The predicted molar refractivity (Wildman–Crippen MR) is 49.9 cm³/mol. The van der Waals surface area contributed by atoms with Crippen LogP contribution in [0.2, 0.25) is 0 Å². The first kappa shape index (κ1) is 10.2. The van der Waals surface area contributed by atoms with Crippen molar-refractivity contribution in [3.63, 3.8) is 0 Å². The van der Waals surface area contributed by atoms with Crippen molar-refractivity contribution in [1.82, 2.24) is 20.3 Å². The van der Waals surface area contributed by atoms with Crippen LogP contribution in [0.4, 0.5) is 0 Å². The van der Waals surface area contributed by atoms with Gasteiger partial charge in [0.2, 0.25) is 5.91 Å². The van der Waals surface area contributed by atoms with Crippen LogP contribution in [0.1, 0.15) is 5.69 Å². The predicted octanol–water partition coefficient (Wildman–Crippen LogP) is -1.76. The lowest BCUT2D eigenvalue weighted by atomic mass is 10.4. The standard InChI is InChI=1S/C8H11N5O/c1-13-7(6-11-12-13)3-2-4-10-8(14)5-9/h6H,4-5,9H2,1H3,(H,10,14). The zero-order valence-electron chi connectivity index (χ0n) is 7.82. The molecule has 1 aromatic heterocycles. The molecule has 0 aliphatic heterocycles. The number of hydrogen-bond donors (Lipinski definition) is 2. The molecule has 1 amide bonds. The molecule has 1 aromatic rings. The zero-order valence-corrected chi connectivity index (χ0v) is 7.82. The number of nitrogens with zero attached hydrogens (tertiary/aromatic N) is 3. The van der Waals surface area contributed by atoms with Gasteiger partial charge in [0.1, 0.15) is 5.69 Å². The van der Waals surface area contributed by atoms with Crippen molar-refractivity contribution in [2.45, 2.75) is 0 Å². The first-order valence-electron chi connectivity index (χ1n) is 4.04. The van der Waals surface area contributed by atoms with Crippen molar-refractivity contribution in [3.8, 4) is 11.8 Å². The minimum atomic E-state index is -0.220. The van der Waals surface area contributed by atoms with E-state index in [0.717, 1.165) is 0 Å². The minimum absolute atomic E-state index is 0.0189. The molecule has 3 N–H and O–H groups in total. The van der Waals surface area contributed by atoms with Crippen LogP contribution >= 0.6 is 0 Å². The van der Waals surface area contributed by atoms with Crippen molar-refractivity contribution in [2.24, 2.45) is 12.8 Å². The third kappa shape index (κ3) is 2.88. The van der Waals surface area contributed by atoms with E-state index in [1.165, 1.54) is 0 Å². The third-order valence-corrected chi connectivity index (χ3v) is 1.49. The molecule has 0 unspecified atom stereocenters. The summed E-state index contributed by atoms with van der Waals surface area (Å²) in [6, 6.07) is 0. The van der Waals surface area contributed by atoms with Crippen LogP contribution in [-0.2, 0) is 11.8 Å². The fraction of sp³-hybridized carbons (Fsp3) is 0.375. The summed E-state index contributed by atoms with van der Waals surface area (Å²) in [7, 11) is 1.75. The van der Waals surface area contributed by atoms with Gasteiger partial charge >= 0.3 is 0 Å². The smallest absolute Gasteiger partial charge is 0.234 e. The Hall–Kier alpha value is -1.87. The van der Waals surface area contributed by atoms with Crippen molar-refractivity contribution < 1.29 is 4.79 Å². The summed E-state index contributed by atoms with van der Waals surface area (Å²) >= 11 is 0. The summed E-state index contributed by atoms with van der Waals surface area (Å²) in [5.41, 5.74) is 5.79. The SMILES string of the molecule is Cn1nncc1C#CCNC(=O)CN. The Morgan fingerprint density at radius 1 is 1.79 bits per heavy atom. The zero-order chi connectivity index (χ0) is 10.4. The van der Waals surface area contributed by atoms with Crippen LogP contribution in [0, 0.1) is 11.8 Å². The van der Waals surface area contributed by atoms with Crippen LogP contribution in [0.5, 0.6) is 0 Å². The molecule has 0 atom stereocenters. The molecule has 0 aromatic carbocycles. The van der Waals surface area contributed by atoms with Gasteiger partial charge < -0.3 is 11.1 Å². The van der Waals surface area contributed by atoms with Crippen LogP contribution in [0.3, 0.4) is 0 Å². The van der Waals surface area contributed by atoms with E-state index >= 15 is 0 Å². The lowest BCUT2D eigenvalue weighted by Crippen LogP contribution is -2.30. The Balaban J connectivity index is 2.42. The Labute approximate surface area is 81.5 Å². The fourth-order valence-corrected chi connectivity index (χ4v) is 0.753. The van der Waals surface area contributed by atoms with E-state index in [9.17, 15) is 4.79 Å². The molecule has 6 nitrogen and oxygen atoms in total. The van der Waals surface area contributed by atoms with E-state index in [4.69, 9.17) is 5.73 Å². The summed E-state index contributed by atoms with van der Waals surface area (Å²) in [6.45, 7) is 0.260. The third-order valence-electron chi connectivity index (χ3n) is 1.49. The summed E-state index contributed by atoms with van der Waals surface area (Å²) in [5.74, 6) is 5.34. The van der Waals surface area contributed by atoms with Crippen LogP contribution in [0.25, 0.3) is 0 Å². The van der Waals surface area contributed by atoms with Gasteiger partial charge in [0.15, 0.2) is 0 Å². The first-order chi connectivity index (χ1) is 6.74. The Morgan fingerprint density at radius 2 is 2.57 bits per heavy atom. The molecule has 0 bridgehead atoms. The van der Waals surface area contributed by atoms with Crippen molar-refractivity contribution in [2.75, 3.05) is 13.1 Å². The number of carbonyl (C=O) groups is 1. The average Bonchev–Trinajstić information content (AvgIpc) is 2.58. The molecule has 1 heterocycles. The number of aryl methyl sites for hydroxylation is 1. The van der Waals surface area contributed by atoms with Crippen LogP contribution in [-0.4, -0.2) is 34.0 Å². The molecule has 1 rings (SSSR count). The van der Waals surface area contributed by atoms with Gasteiger partial charge in [0.25, 0.3) is 0 Å². The van der Waals surface area contributed by atoms with E-state index < -0.39 is 0 Å². The van der Waals surface area contributed by atoms with Crippen LogP contribution < -0.4 is 11.1 Å². The molecule has 0 radical (unpaired) electrons. The molecule has 6 heteroatoms. The molecule has 0 saturated heterocycles. The molecule has 14 heavy (non-hydrogen) atoms. The lowest BCUT2D eigenvalue weighted by molar-refractivity contribution is -0.119. The van der Waals surface area contributed by atoms with Crippen molar-refractivity contribution in [1.29, 1.82) is 0 Å². The number of hydrogen-bond acceptors (Lipinski definition) is 4. The van der Waals surface area contributed by atoms with E-state index in [0.29, 0.717) is 5.69 Å². The number of rotatable bonds is 2. The number of nitrogens with one attached hydrogen (secondary N) is 1. The maximum absolute atomic E-state index is 10.7. The largest absolute Gasteiger partial charge is 0.344 e. The normalized spacial score (nSPS) is 9.00.